The molecule has 0 aliphatic heterocycles. The molecule has 0 saturated heterocycles. The van der Waals surface area contributed by atoms with Gasteiger partial charge in [0.05, 0.1) is 0 Å². The number of rotatable bonds is 3. The number of aliphatic carboxylic acids is 1. The van der Waals surface area contributed by atoms with E-state index in [1.165, 1.54) is 17.2 Å². The average Bonchev–Trinajstić information content (AvgIpc) is 2.19. The molecular formula is C17H24O2. The maximum atomic E-state index is 11.1. The summed E-state index contributed by atoms with van der Waals surface area (Å²) in [5, 5.41) is 9.08. The van der Waals surface area contributed by atoms with Gasteiger partial charge in [-0.1, -0.05) is 32.9 Å². The monoisotopic (exact) mass is 260 g/mol. The zero-order valence-corrected chi connectivity index (χ0v) is 12.8. The Morgan fingerprint density at radius 3 is 2.11 bits per heavy atom. The van der Waals surface area contributed by atoms with Crippen molar-refractivity contribution >= 4 is 11.5 Å². The fourth-order valence-corrected chi connectivity index (χ4v) is 2.25. The molecule has 2 nitrogen and oxygen atoms in total. The van der Waals surface area contributed by atoms with E-state index < -0.39 is 5.97 Å². The molecule has 1 rings (SSSR count). The van der Waals surface area contributed by atoms with Gasteiger partial charge in [0.2, 0.25) is 0 Å². The van der Waals surface area contributed by atoms with Crippen LogP contribution < -0.4 is 0 Å². The van der Waals surface area contributed by atoms with Crippen LogP contribution in [0.15, 0.2) is 18.2 Å². The molecule has 0 radical (unpaired) electrons. The lowest BCUT2D eigenvalue weighted by atomic mass is 9.83. The molecule has 0 aromatic heterocycles. The highest BCUT2D eigenvalue weighted by molar-refractivity contribution is 5.90. The van der Waals surface area contributed by atoms with Crippen LogP contribution in [0.4, 0.5) is 0 Å². The van der Waals surface area contributed by atoms with E-state index in [-0.39, 0.29) is 5.41 Å². The minimum atomic E-state index is -0.878. The molecule has 0 aliphatic rings. The molecule has 0 unspecified atom stereocenters. The number of hydrogen-bond acceptors (Lipinski definition) is 1. The maximum absolute atomic E-state index is 11.1. The number of allylic oxidation sites excluding steroid dienone is 1. The van der Waals surface area contributed by atoms with Gasteiger partial charge in [-0.05, 0) is 60.4 Å². The number of benzene rings is 1. The molecule has 0 saturated carbocycles. The van der Waals surface area contributed by atoms with Crippen LogP contribution in [0.1, 0.15) is 49.4 Å². The maximum Gasteiger partial charge on any atom is 0.328 e. The summed E-state index contributed by atoms with van der Waals surface area (Å²) in [4.78, 5) is 11.1. The molecule has 0 bridgehead atoms. The number of hydrogen-bond donors (Lipinski definition) is 1. The van der Waals surface area contributed by atoms with E-state index in [1.807, 2.05) is 6.92 Å². The minimum Gasteiger partial charge on any atom is -0.478 e. The minimum absolute atomic E-state index is 0.0620. The summed E-state index contributed by atoms with van der Waals surface area (Å²) in [5.74, 6) is -0.878. The second-order valence-electron chi connectivity index (χ2n) is 6.50. The topological polar surface area (TPSA) is 37.3 Å². The first kappa shape index (κ1) is 15.5. The van der Waals surface area contributed by atoms with Crippen molar-refractivity contribution in [2.24, 2.45) is 5.41 Å². The van der Waals surface area contributed by atoms with Crippen molar-refractivity contribution in [3.63, 3.8) is 0 Å². The standard InChI is InChI=1S/C17H24O2/c1-11-7-13(3)15(8-12(11)2)14(9-16(18)19)10-17(4,5)6/h7-9H,10H2,1-6H3,(H,18,19)/b14-9-. The van der Waals surface area contributed by atoms with E-state index in [9.17, 15) is 4.79 Å². The predicted molar refractivity (Wildman–Crippen MR) is 80.3 cm³/mol. The van der Waals surface area contributed by atoms with Crippen LogP contribution >= 0.6 is 0 Å². The molecule has 0 fully saturated rings. The first-order chi connectivity index (χ1) is 8.60. The van der Waals surface area contributed by atoms with Gasteiger partial charge in [-0.2, -0.15) is 0 Å². The van der Waals surface area contributed by atoms with Gasteiger partial charge in [-0.15, -0.1) is 0 Å². The second-order valence-corrected chi connectivity index (χ2v) is 6.50. The van der Waals surface area contributed by atoms with Crippen LogP contribution in [0.25, 0.3) is 5.57 Å². The Labute approximate surface area is 116 Å². The van der Waals surface area contributed by atoms with Crippen molar-refractivity contribution in [1.29, 1.82) is 0 Å². The molecule has 104 valence electrons. The SMILES string of the molecule is Cc1cc(C)c(/C(=C\C(=O)O)CC(C)(C)C)cc1C. The van der Waals surface area contributed by atoms with Crippen molar-refractivity contribution in [3.8, 4) is 0 Å². The fraction of sp³-hybridized carbons (Fsp3) is 0.471. The lowest BCUT2D eigenvalue weighted by Gasteiger charge is -2.22. The molecule has 0 atom stereocenters. The molecule has 0 amide bonds. The Morgan fingerprint density at radius 2 is 1.63 bits per heavy atom. The zero-order valence-electron chi connectivity index (χ0n) is 12.8. The van der Waals surface area contributed by atoms with E-state index >= 15 is 0 Å². The van der Waals surface area contributed by atoms with Crippen molar-refractivity contribution in [2.45, 2.75) is 48.0 Å². The summed E-state index contributed by atoms with van der Waals surface area (Å²) >= 11 is 0. The Balaban J connectivity index is 3.34. The molecule has 0 aliphatic carbocycles. The van der Waals surface area contributed by atoms with Crippen molar-refractivity contribution in [1.82, 2.24) is 0 Å². The Morgan fingerprint density at radius 1 is 1.11 bits per heavy atom. The Kier molecular flexibility index (Phi) is 4.56. The molecule has 1 aromatic rings. The van der Waals surface area contributed by atoms with Crippen molar-refractivity contribution in [2.75, 3.05) is 0 Å². The average molecular weight is 260 g/mol. The van der Waals surface area contributed by atoms with E-state index in [1.54, 1.807) is 0 Å². The van der Waals surface area contributed by atoms with Gasteiger partial charge in [0.1, 0.15) is 0 Å². The lowest BCUT2D eigenvalue weighted by Crippen LogP contribution is -2.08. The highest BCUT2D eigenvalue weighted by Crippen LogP contribution is 2.33. The summed E-state index contributed by atoms with van der Waals surface area (Å²) < 4.78 is 0. The molecule has 19 heavy (non-hydrogen) atoms. The molecule has 2 heteroatoms. The van der Waals surface area contributed by atoms with Crippen molar-refractivity contribution in [3.05, 3.63) is 40.5 Å². The van der Waals surface area contributed by atoms with Crippen LogP contribution in [-0.4, -0.2) is 11.1 Å². The summed E-state index contributed by atoms with van der Waals surface area (Å²) in [5.41, 5.74) is 5.60. The Hall–Kier alpha value is -1.57. The third-order valence-electron chi connectivity index (χ3n) is 3.21. The van der Waals surface area contributed by atoms with E-state index in [0.717, 1.165) is 23.1 Å². The summed E-state index contributed by atoms with van der Waals surface area (Å²) in [7, 11) is 0. The van der Waals surface area contributed by atoms with Crippen LogP contribution in [0.3, 0.4) is 0 Å². The first-order valence-electron chi connectivity index (χ1n) is 6.62. The predicted octanol–water partition coefficient (Wildman–Crippen LogP) is 4.52. The lowest BCUT2D eigenvalue weighted by molar-refractivity contribution is -0.131. The van der Waals surface area contributed by atoms with Gasteiger partial charge in [-0.3, -0.25) is 0 Å². The highest BCUT2D eigenvalue weighted by Gasteiger charge is 2.17. The molecule has 1 N–H and O–H groups in total. The number of carboxylic acids is 1. The van der Waals surface area contributed by atoms with Gasteiger partial charge in [0.15, 0.2) is 0 Å². The largest absolute Gasteiger partial charge is 0.478 e. The van der Waals surface area contributed by atoms with Gasteiger partial charge in [0, 0.05) is 6.08 Å². The number of carbonyl (C=O) groups is 1. The molecule has 0 spiro atoms. The van der Waals surface area contributed by atoms with Crippen LogP contribution in [0.5, 0.6) is 0 Å². The summed E-state index contributed by atoms with van der Waals surface area (Å²) in [6.45, 7) is 12.6. The van der Waals surface area contributed by atoms with Crippen LogP contribution in [-0.2, 0) is 4.79 Å². The number of carboxylic acid groups (broad SMARTS) is 1. The van der Waals surface area contributed by atoms with Crippen LogP contribution in [0, 0.1) is 26.2 Å². The summed E-state index contributed by atoms with van der Waals surface area (Å²) in [6.07, 6.45) is 2.10. The van der Waals surface area contributed by atoms with Crippen molar-refractivity contribution < 1.29 is 9.90 Å². The first-order valence-corrected chi connectivity index (χ1v) is 6.62. The van der Waals surface area contributed by atoms with E-state index in [0.29, 0.717) is 0 Å². The van der Waals surface area contributed by atoms with Gasteiger partial charge in [0.25, 0.3) is 0 Å². The molecular weight excluding hydrogens is 236 g/mol. The van der Waals surface area contributed by atoms with Gasteiger partial charge in [-0.25, -0.2) is 4.79 Å². The van der Waals surface area contributed by atoms with Gasteiger partial charge >= 0.3 is 5.97 Å². The smallest absolute Gasteiger partial charge is 0.328 e. The highest BCUT2D eigenvalue weighted by atomic mass is 16.4. The third-order valence-corrected chi connectivity index (χ3v) is 3.21. The van der Waals surface area contributed by atoms with Gasteiger partial charge < -0.3 is 5.11 Å². The summed E-state index contributed by atoms with van der Waals surface area (Å²) in [6, 6.07) is 4.23. The van der Waals surface area contributed by atoms with E-state index in [4.69, 9.17) is 5.11 Å². The Bertz CT molecular complexity index is 517. The molecule has 0 heterocycles. The normalized spacial score (nSPS) is 12.6. The third kappa shape index (κ3) is 4.55. The fourth-order valence-electron chi connectivity index (χ4n) is 2.25. The second kappa shape index (κ2) is 5.60. The molecule has 1 aromatic carbocycles. The quantitative estimate of drug-likeness (QED) is 0.811. The zero-order chi connectivity index (χ0) is 14.8. The van der Waals surface area contributed by atoms with Crippen LogP contribution in [0.2, 0.25) is 0 Å². The van der Waals surface area contributed by atoms with E-state index in [2.05, 4.69) is 46.8 Å². The number of aryl methyl sites for hydroxylation is 3.